The predicted octanol–water partition coefficient (Wildman–Crippen LogP) is 2.58. The van der Waals surface area contributed by atoms with E-state index in [0.29, 0.717) is 5.76 Å². The summed E-state index contributed by atoms with van der Waals surface area (Å²) in [5.41, 5.74) is -0.143. The molecule has 0 radical (unpaired) electrons. The molecule has 1 saturated carbocycles. The second-order valence-corrected chi connectivity index (χ2v) is 4.98. The molecule has 16 heavy (non-hydrogen) atoms. The Bertz CT molecular complexity index is 313. The van der Waals surface area contributed by atoms with E-state index < -0.39 is 6.10 Å². The molecule has 0 aromatic carbocycles. The summed E-state index contributed by atoms with van der Waals surface area (Å²) in [4.78, 5) is 2.17. The minimum Gasteiger partial charge on any atom is -0.467 e. The van der Waals surface area contributed by atoms with Crippen LogP contribution in [-0.2, 0) is 0 Å². The average Bonchev–Trinajstić information content (AvgIpc) is 2.82. The minimum absolute atomic E-state index is 0.143. The molecule has 3 heteroatoms. The molecular formula is C13H21NO2. The molecule has 3 nitrogen and oxygen atoms in total. The second kappa shape index (κ2) is 4.60. The lowest BCUT2D eigenvalue weighted by Crippen LogP contribution is -2.50. The summed E-state index contributed by atoms with van der Waals surface area (Å²) in [6.45, 7) is 0. The fourth-order valence-corrected chi connectivity index (χ4v) is 2.84. The third kappa shape index (κ3) is 1.89. The average molecular weight is 223 g/mol. The van der Waals surface area contributed by atoms with Crippen molar-refractivity contribution in [2.75, 3.05) is 14.1 Å². The van der Waals surface area contributed by atoms with Gasteiger partial charge in [-0.1, -0.05) is 19.3 Å². The van der Waals surface area contributed by atoms with Gasteiger partial charge in [-0.2, -0.15) is 0 Å². The van der Waals surface area contributed by atoms with E-state index in [0.717, 1.165) is 12.8 Å². The number of furan rings is 1. The van der Waals surface area contributed by atoms with Crippen LogP contribution in [0.2, 0.25) is 0 Å². The lowest BCUT2D eigenvalue weighted by atomic mass is 9.76. The highest BCUT2D eigenvalue weighted by atomic mass is 16.4. The van der Waals surface area contributed by atoms with E-state index in [1.165, 1.54) is 19.3 Å². The lowest BCUT2D eigenvalue weighted by Gasteiger charge is -2.45. The zero-order valence-corrected chi connectivity index (χ0v) is 10.1. The van der Waals surface area contributed by atoms with Crippen LogP contribution in [0, 0.1) is 0 Å². The number of hydrogen-bond acceptors (Lipinski definition) is 3. The number of likely N-dealkylation sites (N-methyl/N-ethyl adjacent to an activating group) is 1. The number of rotatable bonds is 3. The van der Waals surface area contributed by atoms with Crippen molar-refractivity contribution in [1.82, 2.24) is 4.90 Å². The van der Waals surface area contributed by atoms with Crippen molar-refractivity contribution in [2.24, 2.45) is 0 Å². The molecule has 1 heterocycles. The van der Waals surface area contributed by atoms with Crippen LogP contribution < -0.4 is 0 Å². The molecular weight excluding hydrogens is 202 g/mol. The van der Waals surface area contributed by atoms with Crippen molar-refractivity contribution < 1.29 is 9.52 Å². The summed E-state index contributed by atoms with van der Waals surface area (Å²) < 4.78 is 5.35. The van der Waals surface area contributed by atoms with Crippen molar-refractivity contribution in [3.05, 3.63) is 24.2 Å². The van der Waals surface area contributed by atoms with E-state index in [1.54, 1.807) is 6.26 Å². The molecule has 1 unspecified atom stereocenters. The number of hydrogen-bond donors (Lipinski definition) is 1. The summed E-state index contributed by atoms with van der Waals surface area (Å²) in [5, 5.41) is 10.5. The zero-order chi connectivity index (χ0) is 11.6. The Kier molecular flexibility index (Phi) is 3.36. The van der Waals surface area contributed by atoms with Crippen LogP contribution in [0.5, 0.6) is 0 Å². The molecule has 0 saturated heterocycles. The van der Waals surface area contributed by atoms with Crippen molar-refractivity contribution in [3.63, 3.8) is 0 Å². The monoisotopic (exact) mass is 223 g/mol. The normalized spacial score (nSPS) is 22.2. The van der Waals surface area contributed by atoms with Gasteiger partial charge in [-0.15, -0.1) is 0 Å². The Morgan fingerprint density at radius 2 is 2.00 bits per heavy atom. The molecule has 2 rings (SSSR count). The molecule has 1 N–H and O–H groups in total. The van der Waals surface area contributed by atoms with E-state index in [4.69, 9.17) is 4.42 Å². The smallest absolute Gasteiger partial charge is 0.134 e. The summed E-state index contributed by atoms with van der Waals surface area (Å²) in [6.07, 6.45) is 6.86. The molecule has 0 aliphatic heterocycles. The SMILES string of the molecule is CN(C)C1(C(O)c2ccco2)CCCCC1. The van der Waals surface area contributed by atoms with Gasteiger partial charge in [0.1, 0.15) is 11.9 Å². The van der Waals surface area contributed by atoms with Crippen LogP contribution in [0.1, 0.15) is 44.0 Å². The third-order valence-corrected chi connectivity index (χ3v) is 3.93. The number of aliphatic hydroxyl groups excluding tert-OH is 1. The van der Waals surface area contributed by atoms with Gasteiger partial charge >= 0.3 is 0 Å². The third-order valence-electron chi connectivity index (χ3n) is 3.93. The van der Waals surface area contributed by atoms with Gasteiger partial charge in [0.25, 0.3) is 0 Å². The Morgan fingerprint density at radius 1 is 1.31 bits per heavy atom. The maximum Gasteiger partial charge on any atom is 0.134 e. The Balaban J connectivity index is 2.25. The molecule has 0 bridgehead atoms. The predicted molar refractivity (Wildman–Crippen MR) is 63.2 cm³/mol. The number of aliphatic hydroxyl groups is 1. The molecule has 1 aliphatic carbocycles. The molecule has 1 aliphatic rings. The Labute approximate surface area is 97.1 Å². The van der Waals surface area contributed by atoms with E-state index in [-0.39, 0.29) is 5.54 Å². The van der Waals surface area contributed by atoms with Crippen LogP contribution >= 0.6 is 0 Å². The van der Waals surface area contributed by atoms with Crippen molar-refractivity contribution in [2.45, 2.75) is 43.7 Å². The first kappa shape index (κ1) is 11.7. The first-order valence-corrected chi connectivity index (χ1v) is 6.06. The molecule has 1 aromatic heterocycles. The summed E-state index contributed by atoms with van der Waals surface area (Å²) >= 11 is 0. The van der Waals surface area contributed by atoms with Crippen molar-refractivity contribution in [3.8, 4) is 0 Å². The first-order chi connectivity index (χ1) is 7.67. The van der Waals surface area contributed by atoms with Gasteiger partial charge < -0.3 is 14.4 Å². The second-order valence-electron chi connectivity index (χ2n) is 4.98. The molecule has 1 fully saturated rings. The standard InChI is InChI=1S/C13H21NO2/c1-14(2)13(8-4-3-5-9-13)12(15)11-7-6-10-16-11/h6-7,10,12,15H,3-5,8-9H2,1-2H3. The van der Waals surface area contributed by atoms with Gasteiger partial charge in [0, 0.05) is 0 Å². The van der Waals surface area contributed by atoms with Crippen LogP contribution in [-0.4, -0.2) is 29.6 Å². The highest BCUT2D eigenvalue weighted by molar-refractivity contribution is 5.11. The van der Waals surface area contributed by atoms with Crippen molar-refractivity contribution >= 4 is 0 Å². The minimum atomic E-state index is -0.516. The summed E-state index contributed by atoms with van der Waals surface area (Å²) in [5.74, 6) is 0.690. The van der Waals surface area contributed by atoms with Gasteiger partial charge in [-0.25, -0.2) is 0 Å². The van der Waals surface area contributed by atoms with E-state index >= 15 is 0 Å². The topological polar surface area (TPSA) is 36.6 Å². The Hall–Kier alpha value is -0.800. The van der Waals surface area contributed by atoms with Gasteiger partial charge in [0.2, 0.25) is 0 Å². The quantitative estimate of drug-likeness (QED) is 0.855. The first-order valence-electron chi connectivity index (χ1n) is 6.06. The fourth-order valence-electron chi connectivity index (χ4n) is 2.84. The molecule has 90 valence electrons. The van der Waals surface area contributed by atoms with E-state index in [2.05, 4.69) is 19.0 Å². The van der Waals surface area contributed by atoms with Gasteiger partial charge in [-0.3, -0.25) is 0 Å². The van der Waals surface area contributed by atoms with E-state index in [9.17, 15) is 5.11 Å². The van der Waals surface area contributed by atoms with Gasteiger partial charge in [0.05, 0.1) is 11.8 Å². The lowest BCUT2D eigenvalue weighted by molar-refractivity contribution is -0.0439. The van der Waals surface area contributed by atoms with Crippen LogP contribution in [0.4, 0.5) is 0 Å². The maximum absolute atomic E-state index is 10.5. The fraction of sp³-hybridized carbons (Fsp3) is 0.692. The Morgan fingerprint density at radius 3 is 2.50 bits per heavy atom. The molecule has 1 aromatic rings. The van der Waals surface area contributed by atoms with Crippen molar-refractivity contribution in [1.29, 1.82) is 0 Å². The number of nitrogens with zero attached hydrogens (tertiary/aromatic N) is 1. The maximum atomic E-state index is 10.5. The highest BCUT2D eigenvalue weighted by Crippen LogP contribution is 2.41. The van der Waals surface area contributed by atoms with Gasteiger partial charge in [0.15, 0.2) is 0 Å². The van der Waals surface area contributed by atoms with Crippen LogP contribution in [0.15, 0.2) is 22.8 Å². The largest absolute Gasteiger partial charge is 0.467 e. The van der Waals surface area contributed by atoms with Crippen LogP contribution in [0.25, 0.3) is 0 Å². The zero-order valence-electron chi connectivity index (χ0n) is 10.1. The highest BCUT2D eigenvalue weighted by Gasteiger charge is 2.42. The molecule has 0 amide bonds. The van der Waals surface area contributed by atoms with E-state index in [1.807, 2.05) is 12.1 Å². The van der Waals surface area contributed by atoms with Gasteiger partial charge in [-0.05, 0) is 39.1 Å². The van der Waals surface area contributed by atoms with Crippen LogP contribution in [0.3, 0.4) is 0 Å². The summed E-state index contributed by atoms with van der Waals surface area (Å²) in [7, 11) is 4.11. The molecule has 1 atom stereocenters. The molecule has 0 spiro atoms. The summed E-state index contributed by atoms with van der Waals surface area (Å²) in [6, 6.07) is 3.70.